The van der Waals surface area contributed by atoms with Crippen molar-refractivity contribution >= 4 is 23.8 Å². The highest BCUT2D eigenvalue weighted by Gasteiger charge is 2.27. The van der Waals surface area contributed by atoms with Crippen LogP contribution in [0.3, 0.4) is 0 Å². The van der Waals surface area contributed by atoms with Crippen LogP contribution in [0.15, 0.2) is 0 Å². The predicted octanol–water partition coefficient (Wildman–Crippen LogP) is 0.0780. The molecule has 1 atom stereocenters. The van der Waals surface area contributed by atoms with Crippen LogP contribution in [0.25, 0.3) is 0 Å². The minimum atomic E-state index is -0.896. The Bertz CT molecular complexity index is 424. The summed E-state index contributed by atoms with van der Waals surface area (Å²) in [7, 11) is 0. The Morgan fingerprint density at radius 1 is 1.19 bits per heavy atom. The number of carboxylic acids is 1. The molecule has 0 aromatic carbocycles. The summed E-state index contributed by atoms with van der Waals surface area (Å²) in [6.07, 6.45) is 1.65. The van der Waals surface area contributed by atoms with Crippen molar-refractivity contribution in [3.05, 3.63) is 0 Å². The number of carbonyl (C=O) groups is 4. The lowest BCUT2D eigenvalue weighted by Crippen LogP contribution is -2.43. The molecule has 8 heteroatoms. The normalized spacial score (nSPS) is 17.4. The second-order valence-electron chi connectivity index (χ2n) is 5.09. The number of likely N-dealkylation sites (tertiary alicyclic amines) is 1. The van der Waals surface area contributed by atoms with Crippen molar-refractivity contribution < 1.29 is 24.3 Å². The highest BCUT2D eigenvalue weighted by Crippen LogP contribution is 2.09. The molecule has 118 valence electrons. The summed E-state index contributed by atoms with van der Waals surface area (Å²) in [5.74, 6) is -1.45. The largest absolute Gasteiger partial charge is 0.481 e. The van der Waals surface area contributed by atoms with Gasteiger partial charge in [-0.1, -0.05) is 0 Å². The molecule has 0 radical (unpaired) electrons. The molecule has 21 heavy (non-hydrogen) atoms. The van der Waals surface area contributed by atoms with Gasteiger partial charge in [0.25, 0.3) is 0 Å². The summed E-state index contributed by atoms with van der Waals surface area (Å²) in [6.45, 7) is 2.30. The molecule has 0 aromatic heterocycles. The Labute approximate surface area is 122 Å². The average Bonchev–Trinajstić information content (AvgIpc) is 2.82. The van der Waals surface area contributed by atoms with Crippen LogP contribution in [0.2, 0.25) is 0 Å². The predicted molar refractivity (Wildman–Crippen MR) is 73.4 cm³/mol. The Kier molecular flexibility index (Phi) is 6.64. The molecule has 0 spiro atoms. The average molecular weight is 299 g/mol. The number of nitrogens with one attached hydrogen (secondary N) is 2. The van der Waals surface area contributed by atoms with E-state index in [-0.39, 0.29) is 24.8 Å². The number of rotatable bonds is 6. The number of imide groups is 1. The van der Waals surface area contributed by atoms with E-state index in [1.165, 1.54) is 11.8 Å². The molecule has 1 unspecified atom stereocenters. The Hall–Kier alpha value is -2.12. The summed E-state index contributed by atoms with van der Waals surface area (Å²) in [4.78, 5) is 46.1. The molecule has 0 bridgehead atoms. The fraction of sp³-hybridized carbons (Fsp3) is 0.692. The van der Waals surface area contributed by atoms with Crippen molar-refractivity contribution in [2.75, 3.05) is 13.1 Å². The van der Waals surface area contributed by atoms with Crippen LogP contribution >= 0.6 is 0 Å². The number of hydrogen-bond donors (Lipinski definition) is 3. The fourth-order valence-corrected chi connectivity index (χ4v) is 2.17. The lowest BCUT2D eigenvalue weighted by atomic mass is 10.2. The van der Waals surface area contributed by atoms with Crippen LogP contribution in [0.1, 0.15) is 39.0 Å². The minimum absolute atomic E-state index is 0.0196. The van der Waals surface area contributed by atoms with Crippen molar-refractivity contribution in [2.45, 2.75) is 45.1 Å². The molecule has 8 nitrogen and oxygen atoms in total. The van der Waals surface area contributed by atoms with Crippen LogP contribution in [-0.4, -0.2) is 53.0 Å². The van der Waals surface area contributed by atoms with Crippen LogP contribution < -0.4 is 10.6 Å². The highest BCUT2D eigenvalue weighted by atomic mass is 16.4. The van der Waals surface area contributed by atoms with Crippen LogP contribution in [0.5, 0.6) is 0 Å². The smallest absolute Gasteiger partial charge is 0.324 e. The van der Waals surface area contributed by atoms with Crippen LogP contribution in [0, 0.1) is 0 Å². The molecule has 1 fully saturated rings. The third kappa shape index (κ3) is 6.73. The van der Waals surface area contributed by atoms with Gasteiger partial charge in [0, 0.05) is 38.9 Å². The monoisotopic (exact) mass is 299 g/mol. The summed E-state index contributed by atoms with van der Waals surface area (Å²) >= 11 is 0. The van der Waals surface area contributed by atoms with Crippen molar-refractivity contribution in [3.8, 4) is 0 Å². The zero-order valence-corrected chi connectivity index (χ0v) is 12.1. The van der Waals surface area contributed by atoms with Gasteiger partial charge < -0.3 is 15.3 Å². The number of aliphatic carboxylic acids is 1. The first kappa shape index (κ1) is 16.9. The third-order valence-corrected chi connectivity index (χ3v) is 3.17. The maximum absolute atomic E-state index is 11.8. The van der Waals surface area contributed by atoms with Crippen molar-refractivity contribution in [1.29, 1.82) is 0 Å². The van der Waals surface area contributed by atoms with E-state index in [1.807, 2.05) is 0 Å². The van der Waals surface area contributed by atoms with E-state index in [0.717, 1.165) is 0 Å². The third-order valence-electron chi connectivity index (χ3n) is 3.17. The molecule has 1 heterocycles. The first-order valence-corrected chi connectivity index (χ1v) is 6.96. The van der Waals surface area contributed by atoms with Gasteiger partial charge in [-0.3, -0.25) is 19.7 Å². The zero-order valence-electron chi connectivity index (χ0n) is 12.1. The first-order valence-electron chi connectivity index (χ1n) is 6.96. The molecule has 1 aliphatic heterocycles. The van der Waals surface area contributed by atoms with E-state index in [1.54, 1.807) is 0 Å². The molecular weight excluding hydrogens is 278 g/mol. The maximum atomic E-state index is 11.8. The summed E-state index contributed by atoms with van der Waals surface area (Å²) in [6, 6.07) is -0.537. The summed E-state index contributed by atoms with van der Waals surface area (Å²) in [5, 5.41) is 13.5. The molecule has 4 amide bonds. The zero-order chi connectivity index (χ0) is 15.8. The number of carboxylic acid groups (broad SMARTS) is 1. The molecule has 0 aromatic rings. The van der Waals surface area contributed by atoms with Crippen LogP contribution in [0.4, 0.5) is 4.79 Å². The Morgan fingerprint density at radius 2 is 1.86 bits per heavy atom. The number of carbonyl (C=O) groups excluding carboxylic acids is 3. The topological polar surface area (TPSA) is 116 Å². The van der Waals surface area contributed by atoms with E-state index in [2.05, 4.69) is 10.6 Å². The molecule has 1 saturated heterocycles. The second kappa shape index (κ2) is 8.23. The van der Waals surface area contributed by atoms with Gasteiger partial charge >= 0.3 is 12.0 Å². The number of unbranched alkanes of at least 4 members (excludes halogenated alkanes) is 1. The van der Waals surface area contributed by atoms with E-state index in [4.69, 9.17) is 5.11 Å². The van der Waals surface area contributed by atoms with Gasteiger partial charge in [0.1, 0.15) is 0 Å². The lowest BCUT2D eigenvalue weighted by molar-refractivity contribution is -0.137. The number of hydrogen-bond acceptors (Lipinski definition) is 4. The maximum Gasteiger partial charge on any atom is 0.324 e. The standard InChI is InChI=1S/C13H21N3O5/c1-9(17)14-10-6-7-16(8-10)13(21)15-11(18)4-2-3-5-12(19)20/h10H,2-8H2,1H3,(H,14,17)(H,19,20)(H,15,18,21). The number of urea groups is 1. The summed E-state index contributed by atoms with van der Waals surface area (Å²) < 4.78 is 0. The molecule has 1 rings (SSSR count). The van der Waals surface area contributed by atoms with Gasteiger partial charge in [0.15, 0.2) is 0 Å². The number of nitrogens with zero attached hydrogens (tertiary/aromatic N) is 1. The van der Waals surface area contributed by atoms with E-state index in [0.29, 0.717) is 32.4 Å². The van der Waals surface area contributed by atoms with Gasteiger partial charge in [-0.05, 0) is 19.3 Å². The highest BCUT2D eigenvalue weighted by molar-refractivity contribution is 5.94. The van der Waals surface area contributed by atoms with Crippen LogP contribution in [-0.2, 0) is 14.4 Å². The van der Waals surface area contributed by atoms with Crippen molar-refractivity contribution in [1.82, 2.24) is 15.5 Å². The van der Waals surface area contributed by atoms with Gasteiger partial charge in [-0.2, -0.15) is 0 Å². The Balaban J connectivity index is 2.22. The van der Waals surface area contributed by atoms with Gasteiger partial charge in [-0.25, -0.2) is 4.79 Å². The van der Waals surface area contributed by atoms with Crippen molar-refractivity contribution in [3.63, 3.8) is 0 Å². The lowest BCUT2D eigenvalue weighted by Gasteiger charge is -2.17. The molecule has 1 aliphatic rings. The second-order valence-corrected chi connectivity index (χ2v) is 5.09. The summed E-state index contributed by atoms with van der Waals surface area (Å²) in [5.41, 5.74) is 0. The first-order chi connectivity index (χ1) is 9.88. The fourth-order valence-electron chi connectivity index (χ4n) is 2.17. The quantitative estimate of drug-likeness (QED) is 0.601. The molecule has 0 saturated carbocycles. The van der Waals surface area contributed by atoms with Gasteiger partial charge in [0.05, 0.1) is 0 Å². The Morgan fingerprint density at radius 3 is 2.48 bits per heavy atom. The molecule has 0 aliphatic carbocycles. The molecular formula is C13H21N3O5. The van der Waals surface area contributed by atoms with Crippen molar-refractivity contribution in [2.24, 2.45) is 0 Å². The molecule has 3 N–H and O–H groups in total. The SMILES string of the molecule is CC(=O)NC1CCN(C(=O)NC(=O)CCCCC(=O)O)C1. The van der Waals surface area contributed by atoms with Gasteiger partial charge in [0.2, 0.25) is 11.8 Å². The van der Waals surface area contributed by atoms with E-state index in [9.17, 15) is 19.2 Å². The minimum Gasteiger partial charge on any atom is -0.481 e. The van der Waals surface area contributed by atoms with E-state index < -0.39 is 17.9 Å². The van der Waals surface area contributed by atoms with Gasteiger partial charge in [-0.15, -0.1) is 0 Å². The van der Waals surface area contributed by atoms with E-state index >= 15 is 0 Å². The number of amides is 4.